The number of nitrogens with zero attached hydrogens (tertiary/aromatic N) is 4. The average molecular weight is 447 g/mol. The Kier molecular flexibility index (Phi) is 5.86. The van der Waals surface area contributed by atoms with Gasteiger partial charge in [-0.05, 0) is 66.8 Å². The summed E-state index contributed by atoms with van der Waals surface area (Å²) in [6.07, 6.45) is 8.56. The van der Waals surface area contributed by atoms with Crippen molar-refractivity contribution in [3.05, 3.63) is 83.2 Å². The summed E-state index contributed by atoms with van der Waals surface area (Å²) in [6.45, 7) is 3.77. The van der Waals surface area contributed by atoms with Crippen molar-refractivity contribution in [1.29, 1.82) is 0 Å². The highest BCUT2D eigenvalue weighted by molar-refractivity contribution is 6.02. The Morgan fingerprint density at radius 3 is 2.76 bits per heavy atom. The lowest BCUT2D eigenvalue weighted by Gasteiger charge is -2.29. The van der Waals surface area contributed by atoms with E-state index in [-0.39, 0.29) is 11.9 Å². The van der Waals surface area contributed by atoms with Gasteiger partial charge in [0.25, 0.3) is 0 Å². The van der Waals surface area contributed by atoms with Crippen LogP contribution in [0.2, 0.25) is 0 Å². The molecule has 0 N–H and O–H groups in total. The van der Waals surface area contributed by atoms with Gasteiger partial charge in [0.15, 0.2) is 11.9 Å². The predicted molar refractivity (Wildman–Crippen MR) is 126 cm³/mol. The number of piperidine rings is 1. The highest BCUT2D eigenvalue weighted by Gasteiger charge is 2.27. The van der Waals surface area contributed by atoms with Gasteiger partial charge in [-0.3, -0.25) is 0 Å². The monoisotopic (exact) mass is 446 g/mol. The van der Waals surface area contributed by atoms with Crippen LogP contribution >= 0.6 is 0 Å². The Morgan fingerprint density at radius 1 is 1.15 bits per heavy atom. The quantitative estimate of drug-likeness (QED) is 0.547. The summed E-state index contributed by atoms with van der Waals surface area (Å²) in [4.78, 5) is 12.5. The topological polar surface area (TPSA) is 51.9 Å². The number of ether oxygens (including phenoxy) is 1. The summed E-state index contributed by atoms with van der Waals surface area (Å²) in [5.74, 6) is 1.43. The number of oxime groups is 1. The van der Waals surface area contributed by atoms with E-state index in [2.05, 4.69) is 27.2 Å². The SMILES string of the molecule is COc1cc(/C=C2\CCCN3CCC(c4ccc(F)cc4)ON=C23)ccc1-n1cnc(C)c1. The molecule has 0 aliphatic carbocycles. The molecule has 0 radical (unpaired) electrons. The fourth-order valence-corrected chi connectivity index (χ4v) is 4.45. The molecule has 2 aliphatic heterocycles. The van der Waals surface area contributed by atoms with Crippen LogP contribution in [0.15, 0.2) is 65.7 Å². The van der Waals surface area contributed by atoms with Crippen LogP contribution in [0.4, 0.5) is 4.39 Å². The van der Waals surface area contributed by atoms with E-state index in [4.69, 9.17) is 9.57 Å². The third kappa shape index (κ3) is 4.49. The molecule has 1 atom stereocenters. The van der Waals surface area contributed by atoms with Gasteiger partial charge in [0.1, 0.15) is 11.6 Å². The first kappa shape index (κ1) is 21.2. The molecule has 3 heterocycles. The minimum atomic E-state index is -0.244. The van der Waals surface area contributed by atoms with Crippen molar-refractivity contribution in [2.45, 2.75) is 32.3 Å². The number of hydrogen-bond acceptors (Lipinski definition) is 5. The molecule has 1 aromatic heterocycles. The summed E-state index contributed by atoms with van der Waals surface area (Å²) < 4.78 is 20.9. The highest BCUT2D eigenvalue weighted by Crippen LogP contribution is 2.31. The van der Waals surface area contributed by atoms with Crippen molar-refractivity contribution in [2.24, 2.45) is 5.16 Å². The van der Waals surface area contributed by atoms with Gasteiger partial charge in [-0.25, -0.2) is 9.37 Å². The van der Waals surface area contributed by atoms with E-state index in [0.29, 0.717) is 0 Å². The van der Waals surface area contributed by atoms with Crippen molar-refractivity contribution in [3.8, 4) is 11.4 Å². The Hall–Kier alpha value is -3.61. The summed E-state index contributed by atoms with van der Waals surface area (Å²) >= 11 is 0. The fraction of sp³-hybridized carbons (Fsp3) is 0.308. The van der Waals surface area contributed by atoms with Gasteiger partial charge in [-0.2, -0.15) is 0 Å². The zero-order valence-electron chi connectivity index (χ0n) is 18.9. The van der Waals surface area contributed by atoms with Crippen molar-refractivity contribution < 1.29 is 14.0 Å². The fourth-order valence-electron chi connectivity index (χ4n) is 4.45. The van der Waals surface area contributed by atoms with Crippen LogP contribution in [0.1, 0.15) is 42.2 Å². The normalized spacial score (nSPS) is 19.5. The van der Waals surface area contributed by atoms with E-state index in [1.807, 2.05) is 29.8 Å². The van der Waals surface area contributed by atoms with Crippen LogP contribution in [-0.4, -0.2) is 40.5 Å². The van der Waals surface area contributed by atoms with E-state index < -0.39 is 0 Å². The summed E-state index contributed by atoms with van der Waals surface area (Å²) in [7, 11) is 1.68. The van der Waals surface area contributed by atoms with E-state index in [9.17, 15) is 4.39 Å². The summed E-state index contributed by atoms with van der Waals surface area (Å²) in [5, 5.41) is 4.55. The molecular weight excluding hydrogens is 419 g/mol. The van der Waals surface area contributed by atoms with Gasteiger partial charge in [0, 0.05) is 25.7 Å². The third-order valence-corrected chi connectivity index (χ3v) is 6.16. The number of amidine groups is 1. The molecule has 1 unspecified atom stereocenters. The molecule has 2 aliphatic rings. The smallest absolute Gasteiger partial charge is 0.171 e. The van der Waals surface area contributed by atoms with Gasteiger partial charge in [-0.1, -0.05) is 23.4 Å². The average Bonchev–Trinajstić information content (AvgIpc) is 3.14. The maximum absolute atomic E-state index is 13.3. The number of imidazole rings is 1. The highest BCUT2D eigenvalue weighted by atomic mass is 19.1. The molecular formula is C26H27FN4O2. The third-order valence-electron chi connectivity index (χ3n) is 6.16. The number of hydrogen-bond donors (Lipinski definition) is 0. The molecule has 33 heavy (non-hydrogen) atoms. The minimum absolute atomic E-state index is 0.178. The zero-order valence-corrected chi connectivity index (χ0v) is 18.9. The first-order valence-corrected chi connectivity index (χ1v) is 11.2. The van der Waals surface area contributed by atoms with E-state index in [0.717, 1.165) is 72.0 Å². The van der Waals surface area contributed by atoms with Crippen molar-refractivity contribution in [3.63, 3.8) is 0 Å². The van der Waals surface area contributed by atoms with E-state index in [1.54, 1.807) is 25.6 Å². The second kappa shape index (κ2) is 9.10. The lowest BCUT2D eigenvalue weighted by atomic mass is 9.99. The van der Waals surface area contributed by atoms with Gasteiger partial charge in [0.2, 0.25) is 0 Å². The Bertz CT molecular complexity index is 1200. The Balaban J connectivity index is 1.42. The standard InChI is InChI=1S/C26H27FN4O2/c1-18-16-31(17-28-18)23-10-5-19(15-25(23)32-2)14-21-4-3-12-30-13-11-24(33-29-26(21)30)20-6-8-22(27)9-7-20/h5-10,14-17,24H,3-4,11-13H2,1-2H3/b21-14+. The van der Waals surface area contributed by atoms with Crippen LogP contribution in [0.25, 0.3) is 11.8 Å². The second-order valence-electron chi connectivity index (χ2n) is 8.46. The Labute approximate surface area is 192 Å². The number of rotatable bonds is 4. The predicted octanol–water partition coefficient (Wildman–Crippen LogP) is 5.28. The van der Waals surface area contributed by atoms with Gasteiger partial charge < -0.3 is 19.0 Å². The van der Waals surface area contributed by atoms with Crippen molar-refractivity contribution in [1.82, 2.24) is 14.5 Å². The Morgan fingerprint density at radius 2 is 2.00 bits per heavy atom. The minimum Gasteiger partial charge on any atom is -0.495 e. The number of methoxy groups -OCH3 is 1. The molecule has 0 spiro atoms. The van der Waals surface area contributed by atoms with Crippen LogP contribution in [0.3, 0.4) is 0 Å². The lowest BCUT2D eigenvalue weighted by Crippen LogP contribution is -2.37. The number of halogens is 1. The molecule has 6 nitrogen and oxygen atoms in total. The van der Waals surface area contributed by atoms with Gasteiger partial charge in [0.05, 0.1) is 24.8 Å². The molecule has 3 aromatic rings. The number of aromatic nitrogens is 2. The molecule has 5 rings (SSSR count). The maximum atomic E-state index is 13.3. The number of benzene rings is 2. The molecule has 0 saturated carbocycles. The molecule has 0 bridgehead atoms. The van der Waals surface area contributed by atoms with Crippen LogP contribution in [-0.2, 0) is 4.84 Å². The van der Waals surface area contributed by atoms with Crippen molar-refractivity contribution >= 4 is 11.9 Å². The summed E-state index contributed by atoms with van der Waals surface area (Å²) in [6, 6.07) is 12.7. The zero-order chi connectivity index (χ0) is 22.8. The van der Waals surface area contributed by atoms with E-state index in [1.165, 1.54) is 12.1 Å². The molecule has 1 fully saturated rings. The number of fused-ring (bicyclic) bond motifs is 1. The molecule has 2 aromatic carbocycles. The van der Waals surface area contributed by atoms with Crippen molar-refractivity contribution in [2.75, 3.05) is 20.2 Å². The number of aryl methyl sites for hydroxylation is 1. The first-order valence-electron chi connectivity index (χ1n) is 11.2. The molecule has 0 amide bonds. The molecule has 170 valence electrons. The molecule has 1 saturated heterocycles. The maximum Gasteiger partial charge on any atom is 0.171 e. The summed E-state index contributed by atoms with van der Waals surface area (Å²) in [5.41, 5.74) is 5.04. The molecule has 7 heteroatoms. The van der Waals surface area contributed by atoms with E-state index >= 15 is 0 Å². The van der Waals surface area contributed by atoms with Crippen LogP contribution in [0.5, 0.6) is 5.75 Å². The van der Waals surface area contributed by atoms with Gasteiger partial charge >= 0.3 is 0 Å². The van der Waals surface area contributed by atoms with Crippen LogP contribution < -0.4 is 4.74 Å². The van der Waals surface area contributed by atoms with Gasteiger partial charge in [-0.15, -0.1) is 0 Å². The first-order chi connectivity index (χ1) is 16.1. The van der Waals surface area contributed by atoms with Crippen LogP contribution in [0, 0.1) is 12.7 Å². The second-order valence-corrected chi connectivity index (χ2v) is 8.46. The largest absolute Gasteiger partial charge is 0.495 e. The lowest BCUT2D eigenvalue weighted by molar-refractivity contribution is 0.0576.